The molecule has 1 N–H and O–H groups in total. The Labute approximate surface area is 83.7 Å². The van der Waals surface area contributed by atoms with Gasteiger partial charge in [0.2, 0.25) is 0 Å². The number of pyridine rings is 1. The Bertz CT molecular complexity index is 327. The fraction of sp³-hybridized carbons (Fsp3) is 0.250. The summed E-state index contributed by atoms with van der Waals surface area (Å²) in [4.78, 5) is 14.3. The van der Waals surface area contributed by atoms with E-state index in [0.29, 0.717) is 15.8 Å². The number of aliphatic carboxylic acids is 1. The minimum absolute atomic E-state index is 0.0647. The van der Waals surface area contributed by atoms with Crippen LogP contribution in [-0.4, -0.2) is 23.2 Å². The SMILES string of the molecule is COc1cncc(CC(=O)O)c1Br. The van der Waals surface area contributed by atoms with Crippen molar-refractivity contribution < 1.29 is 14.6 Å². The third-order valence-electron chi connectivity index (χ3n) is 1.48. The van der Waals surface area contributed by atoms with Crippen LogP contribution in [0.15, 0.2) is 16.9 Å². The van der Waals surface area contributed by atoms with Crippen molar-refractivity contribution in [3.63, 3.8) is 0 Å². The van der Waals surface area contributed by atoms with Crippen LogP contribution in [0.2, 0.25) is 0 Å². The van der Waals surface area contributed by atoms with Crippen molar-refractivity contribution in [2.75, 3.05) is 7.11 Å². The molecule has 0 saturated heterocycles. The largest absolute Gasteiger partial charge is 0.494 e. The van der Waals surface area contributed by atoms with Crippen molar-refractivity contribution in [2.24, 2.45) is 0 Å². The van der Waals surface area contributed by atoms with Gasteiger partial charge in [-0.05, 0) is 21.5 Å². The lowest BCUT2D eigenvalue weighted by Crippen LogP contribution is -2.02. The summed E-state index contributed by atoms with van der Waals surface area (Å²) >= 11 is 3.24. The Morgan fingerprint density at radius 3 is 2.92 bits per heavy atom. The summed E-state index contributed by atoms with van der Waals surface area (Å²) < 4.78 is 5.61. The zero-order chi connectivity index (χ0) is 9.84. The molecule has 1 heterocycles. The predicted octanol–water partition coefficient (Wildman–Crippen LogP) is 1.48. The number of aromatic nitrogens is 1. The summed E-state index contributed by atoms with van der Waals surface area (Å²) in [6.45, 7) is 0. The molecule has 13 heavy (non-hydrogen) atoms. The number of carboxylic acids is 1. The molecule has 70 valence electrons. The minimum Gasteiger partial charge on any atom is -0.494 e. The van der Waals surface area contributed by atoms with E-state index in [2.05, 4.69) is 20.9 Å². The first-order valence-electron chi connectivity index (χ1n) is 3.53. The Morgan fingerprint density at radius 1 is 1.69 bits per heavy atom. The van der Waals surface area contributed by atoms with Gasteiger partial charge in [0, 0.05) is 6.20 Å². The Kier molecular flexibility index (Phi) is 3.25. The molecule has 1 aromatic heterocycles. The number of nitrogens with zero attached hydrogens (tertiary/aromatic N) is 1. The average Bonchev–Trinajstić information content (AvgIpc) is 2.08. The van der Waals surface area contributed by atoms with Gasteiger partial charge in [0.25, 0.3) is 0 Å². The summed E-state index contributed by atoms with van der Waals surface area (Å²) in [7, 11) is 1.51. The molecule has 1 aromatic rings. The maximum Gasteiger partial charge on any atom is 0.307 e. The summed E-state index contributed by atoms with van der Waals surface area (Å²) in [5.41, 5.74) is 0.604. The van der Waals surface area contributed by atoms with Crippen molar-refractivity contribution in [3.05, 3.63) is 22.4 Å². The molecular formula is C8H8BrNO3. The molecule has 0 bridgehead atoms. The number of carboxylic acid groups (broad SMARTS) is 1. The molecule has 0 fully saturated rings. The Hall–Kier alpha value is -1.10. The lowest BCUT2D eigenvalue weighted by atomic mass is 10.2. The van der Waals surface area contributed by atoms with E-state index in [1.54, 1.807) is 0 Å². The van der Waals surface area contributed by atoms with Gasteiger partial charge < -0.3 is 9.84 Å². The predicted molar refractivity (Wildman–Crippen MR) is 49.8 cm³/mol. The second-order valence-corrected chi connectivity index (χ2v) is 3.18. The van der Waals surface area contributed by atoms with Crippen LogP contribution in [-0.2, 0) is 11.2 Å². The van der Waals surface area contributed by atoms with E-state index in [-0.39, 0.29) is 6.42 Å². The molecule has 0 radical (unpaired) electrons. The molecule has 0 unspecified atom stereocenters. The van der Waals surface area contributed by atoms with E-state index >= 15 is 0 Å². The van der Waals surface area contributed by atoms with Crippen LogP contribution in [0, 0.1) is 0 Å². The number of methoxy groups -OCH3 is 1. The van der Waals surface area contributed by atoms with Gasteiger partial charge in [-0.3, -0.25) is 9.78 Å². The lowest BCUT2D eigenvalue weighted by molar-refractivity contribution is -0.136. The van der Waals surface area contributed by atoms with Gasteiger partial charge in [-0.1, -0.05) is 0 Å². The first-order valence-corrected chi connectivity index (χ1v) is 4.32. The molecular weight excluding hydrogens is 238 g/mol. The third kappa shape index (κ3) is 2.42. The Balaban J connectivity index is 3.01. The van der Waals surface area contributed by atoms with E-state index in [4.69, 9.17) is 9.84 Å². The van der Waals surface area contributed by atoms with Crippen LogP contribution >= 0.6 is 15.9 Å². The third-order valence-corrected chi connectivity index (χ3v) is 2.38. The molecule has 0 amide bonds. The number of carbonyl (C=O) groups is 1. The van der Waals surface area contributed by atoms with Gasteiger partial charge in [-0.25, -0.2) is 0 Å². The zero-order valence-corrected chi connectivity index (χ0v) is 8.54. The van der Waals surface area contributed by atoms with Crippen molar-refractivity contribution in [2.45, 2.75) is 6.42 Å². The zero-order valence-electron chi connectivity index (χ0n) is 6.95. The van der Waals surface area contributed by atoms with E-state index in [1.165, 1.54) is 19.5 Å². The number of hydrogen-bond acceptors (Lipinski definition) is 3. The number of halogens is 1. The quantitative estimate of drug-likeness (QED) is 0.877. The van der Waals surface area contributed by atoms with Gasteiger partial charge in [-0.15, -0.1) is 0 Å². The molecule has 0 aromatic carbocycles. The second-order valence-electron chi connectivity index (χ2n) is 2.39. The summed E-state index contributed by atoms with van der Waals surface area (Å²) in [6.07, 6.45) is 2.96. The van der Waals surface area contributed by atoms with Crippen LogP contribution in [0.25, 0.3) is 0 Å². The topological polar surface area (TPSA) is 59.4 Å². The monoisotopic (exact) mass is 245 g/mol. The summed E-state index contributed by atoms with van der Waals surface area (Å²) in [5, 5.41) is 8.57. The van der Waals surface area contributed by atoms with Crippen LogP contribution in [0.1, 0.15) is 5.56 Å². The summed E-state index contributed by atoms with van der Waals surface area (Å²) in [6, 6.07) is 0. The number of rotatable bonds is 3. The van der Waals surface area contributed by atoms with Crippen LogP contribution in [0.3, 0.4) is 0 Å². The van der Waals surface area contributed by atoms with Crippen LogP contribution in [0.4, 0.5) is 0 Å². The standard InChI is InChI=1S/C8H8BrNO3/c1-13-6-4-10-3-5(8(6)9)2-7(11)12/h3-4H,2H2,1H3,(H,11,12). The van der Waals surface area contributed by atoms with E-state index < -0.39 is 5.97 Å². The number of ether oxygens (including phenoxy) is 1. The van der Waals surface area contributed by atoms with Gasteiger partial charge >= 0.3 is 5.97 Å². The van der Waals surface area contributed by atoms with Gasteiger partial charge in [-0.2, -0.15) is 0 Å². The minimum atomic E-state index is -0.893. The average molecular weight is 246 g/mol. The van der Waals surface area contributed by atoms with Crippen LogP contribution in [0.5, 0.6) is 5.75 Å². The normalized spacial score (nSPS) is 9.69. The highest BCUT2D eigenvalue weighted by Crippen LogP contribution is 2.27. The first kappa shape index (κ1) is 9.98. The van der Waals surface area contributed by atoms with Crippen molar-refractivity contribution in [3.8, 4) is 5.75 Å². The first-order chi connectivity index (χ1) is 6.15. The van der Waals surface area contributed by atoms with Gasteiger partial charge in [0.05, 0.1) is 24.2 Å². The van der Waals surface area contributed by atoms with Gasteiger partial charge in [0.15, 0.2) is 5.75 Å². The molecule has 0 saturated carbocycles. The smallest absolute Gasteiger partial charge is 0.307 e. The summed E-state index contributed by atoms with van der Waals surface area (Å²) in [5.74, 6) is -0.352. The fourth-order valence-corrected chi connectivity index (χ4v) is 1.40. The lowest BCUT2D eigenvalue weighted by Gasteiger charge is -2.05. The molecule has 1 rings (SSSR count). The van der Waals surface area contributed by atoms with E-state index in [9.17, 15) is 4.79 Å². The molecule has 0 aliphatic heterocycles. The highest BCUT2D eigenvalue weighted by Gasteiger charge is 2.09. The highest BCUT2D eigenvalue weighted by atomic mass is 79.9. The van der Waals surface area contributed by atoms with E-state index in [1.807, 2.05) is 0 Å². The van der Waals surface area contributed by atoms with E-state index in [0.717, 1.165) is 0 Å². The molecule has 4 nitrogen and oxygen atoms in total. The van der Waals surface area contributed by atoms with Crippen molar-refractivity contribution in [1.29, 1.82) is 0 Å². The van der Waals surface area contributed by atoms with Gasteiger partial charge in [0.1, 0.15) is 0 Å². The van der Waals surface area contributed by atoms with Crippen molar-refractivity contribution in [1.82, 2.24) is 4.98 Å². The Morgan fingerprint density at radius 2 is 2.38 bits per heavy atom. The van der Waals surface area contributed by atoms with Crippen molar-refractivity contribution >= 4 is 21.9 Å². The molecule has 0 aliphatic rings. The molecule has 5 heteroatoms. The van der Waals surface area contributed by atoms with Crippen LogP contribution < -0.4 is 4.74 Å². The second kappa shape index (κ2) is 4.23. The maximum absolute atomic E-state index is 10.4. The molecule has 0 aliphatic carbocycles. The fourth-order valence-electron chi connectivity index (χ4n) is 0.895. The molecule has 0 atom stereocenters. The maximum atomic E-state index is 10.4. The molecule has 0 spiro atoms. The highest BCUT2D eigenvalue weighted by molar-refractivity contribution is 9.10. The number of hydrogen-bond donors (Lipinski definition) is 1.